The molecule has 6 nitrogen and oxygen atoms in total. The highest BCUT2D eigenvalue weighted by atomic mass is 35.5. The van der Waals surface area contributed by atoms with E-state index >= 15 is 0 Å². The molecule has 2 aromatic heterocycles. The molecule has 0 aliphatic carbocycles. The summed E-state index contributed by atoms with van der Waals surface area (Å²) in [5.41, 5.74) is 7.34. The van der Waals surface area contributed by atoms with Crippen LogP contribution in [0.3, 0.4) is 0 Å². The summed E-state index contributed by atoms with van der Waals surface area (Å²) >= 11 is 7.23. The molecule has 4 rings (SSSR count). The standard InChI is InChI=1S/C23H20ClN3O3S/c1-12-9-13(2)20-17(26-27-23-25-14(3)21(31-23)22(28)29-4)11-18(30-19(20)10-12)15-5-7-16(24)8-6-15/h5-11H,1-4H3,(H,25,27). The number of aryl methyl sites for hydroxylation is 3. The van der Waals surface area contributed by atoms with Crippen LogP contribution in [0, 0.1) is 20.8 Å². The molecule has 8 heteroatoms. The number of carbonyl (C=O) groups excluding carboxylic acids is 1. The van der Waals surface area contributed by atoms with Crippen LogP contribution in [0.4, 0.5) is 5.13 Å². The van der Waals surface area contributed by atoms with Gasteiger partial charge in [0, 0.05) is 22.0 Å². The Morgan fingerprint density at radius 1 is 1.16 bits per heavy atom. The highest BCUT2D eigenvalue weighted by Gasteiger charge is 2.15. The predicted molar refractivity (Wildman–Crippen MR) is 124 cm³/mol. The number of anilines is 1. The van der Waals surface area contributed by atoms with Crippen LogP contribution >= 0.6 is 22.9 Å². The van der Waals surface area contributed by atoms with Crippen LogP contribution in [-0.2, 0) is 4.74 Å². The van der Waals surface area contributed by atoms with Crippen molar-refractivity contribution < 1.29 is 13.9 Å². The van der Waals surface area contributed by atoms with Crippen LogP contribution in [0.2, 0.25) is 5.02 Å². The molecule has 0 fully saturated rings. The quantitative estimate of drug-likeness (QED) is 0.310. The summed E-state index contributed by atoms with van der Waals surface area (Å²) in [5, 5.41) is 7.36. The minimum Gasteiger partial charge on any atom is -0.465 e. The van der Waals surface area contributed by atoms with Crippen LogP contribution in [0.25, 0.3) is 22.3 Å². The number of halogens is 1. The van der Waals surface area contributed by atoms with Crippen LogP contribution in [-0.4, -0.2) is 18.1 Å². The number of aromatic nitrogens is 1. The summed E-state index contributed by atoms with van der Waals surface area (Å²) in [5.74, 6) is 0.253. The van der Waals surface area contributed by atoms with Gasteiger partial charge in [0.05, 0.1) is 18.2 Å². The largest absolute Gasteiger partial charge is 0.465 e. The van der Waals surface area contributed by atoms with Gasteiger partial charge in [0.25, 0.3) is 0 Å². The normalized spacial score (nSPS) is 11.7. The minimum atomic E-state index is -0.414. The summed E-state index contributed by atoms with van der Waals surface area (Å²) in [6.45, 7) is 5.81. The Morgan fingerprint density at radius 3 is 2.61 bits per heavy atom. The van der Waals surface area contributed by atoms with E-state index in [9.17, 15) is 4.79 Å². The number of rotatable bonds is 4. The molecule has 0 amide bonds. The zero-order valence-corrected chi connectivity index (χ0v) is 19.0. The van der Waals surface area contributed by atoms with E-state index in [2.05, 4.69) is 21.6 Å². The van der Waals surface area contributed by atoms with Gasteiger partial charge in [0.2, 0.25) is 5.13 Å². The Bertz CT molecular complexity index is 1360. The van der Waals surface area contributed by atoms with E-state index in [-0.39, 0.29) is 0 Å². The first-order valence-electron chi connectivity index (χ1n) is 9.52. The molecule has 0 spiro atoms. The molecule has 2 aromatic carbocycles. The average molecular weight is 454 g/mol. The van der Waals surface area contributed by atoms with Gasteiger partial charge in [0.15, 0.2) is 0 Å². The Morgan fingerprint density at radius 2 is 1.90 bits per heavy atom. The maximum absolute atomic E-state index is 11.9. The Balaban J connectivity index is 1.85. The number of hydrogen-bond donors (Lipinski definition) is 1. The molecule has 31 heavy (non-hydrogen) atoms. The van der Waals surface area contributed by atoms with Crippen LogP contribution in [0.15, 0.2) is 52.0 Å². The molecule has 0 unspecified atom stereocenters. The van der Waals surface area contributed by atoms with Gasteiger partial charge in [-0.2, -0.15) is 5.10 Å². The van der Waals surface area contributed by atoms with Crippen molar-refractivity contribution in [3.63, 3.8) is 0 Å². The van der Waals surface area contributed by atoms with Crippen LogP contribution < -0.4 is 10.8 Å². The molecule has 0 atom stereocenters. The second kappa shape index (κ2) is 8.53. The van der Waals surface area contributed by atoms with Crippen molar-refractivity contribution in [2.24, 2.45) is 5.10 Å². The van der Waals surface area contributed by atoms with E-state index in [1.165, 1.54) is 18.4 Å². The predicted octanol–water partition coefficient (Wildman–Crippen LogP) is 5.85. The molecule has 0 saturated carbocycles. The van der Waals surface area contributed by atoms with Crippen molar-refractivity contribution in [3.8, 4) is 11.3 Å². The van der Waals surface area contributed by atoms with E-state index in [1.54, 1.807) is 6.92 Å². The lowest BCUT2D eigenvalue weighted by Crippen LogP contribution is -2.09. The number of nitrogens with one attached hydrogen (secondary N) is 1. The molecule has 4 aromatic rings. The zero-order valence-electron chi connectivity index (χ0n) is 17.4. The smallest absolute Gasteiger partial charge is 0.350 e. The van der Waals surface area contributed by atoms with Gasteiger partial charge >= 0.3 is 5.97 Å². The van der Waals surface area contributed by atoms with Gasteiger partial charge in [-0.3, -0.25) is 5.43 Å². The van der Waals surface area contributed by atoms with Gasteiger partial charge in [0.1, 0.15) is 16.2 Å². The number of esters is 1. The third-order valence-electron chi connectivity index (χ3n) is 4.76. The third-order valence-corrected chi connectivity index (χ3v) is 6.05. The van der Waals surface area contributed by atoms with Crippen LogP contribution in [0.5, 0.6) is 0 Å². The van der Waals surface area contributed by atoms with Crippen molar-refractivity contribution >= 4 is 45.0 Å². The number of fused-ring (bicyclic) bond motifs is 1. The molecule has 0 saturated heterocycles. The summed E-state index contributed by atoms with van der Waals surface area (Å²) in [4.78, 5) is 16.7. The Hall–Kier alpha value is -3.16. The van der Waals surface area contributed by atoms with Gasteiger partial charge in [-0.05, 0) is 62.2 Å². The molecule has 0 bridgehead atoms. The molecule has 158 valence electrons. The maximum atomic E-state index is 11.9. The van der Waals surface area contributed by atoms with Crippen molar-refractivity contribution in [3.05, 3.63) is 74.5 Å². The molecule has 0 aliphatic heterocycles. The van der Waals surface area contributed by atoms with Gasteiger partial charge in [-0.1, -0.05) is 29.0 Å². The number of thiazole rings is 1. The minimum absolute atomic E-state index is 0.414. The molecule has 0 radical (unpaired) electrons. The highest BCUT2D eigenvalue weighted by molar-refractivity contribution is 7.17. The fourth-order valence-corrected chi connectivity index (χ4v) is 4.31. The molecular formula is C23H20ClN3O3S. The first-order valence-corrected chi connectivity index (χ1v) is 10.7. The summed E-state index contributed by atoms with van der Waals surface area (Å²) in [6, 6.07) is 13.4. The molecule has 0 aliphatic rings. The molecule has 1 N–H and O–H groups in total. The van der Waals surface area contributed by atoms with E-state index < -0.39 is 5.97 Å². The highest BCUT2D eigenvalue weighted by Crippen LogP contribution is 2.26. The Kier molecular flexibility index (Phi) is 5.80. The van der Waals surface area contributed by atoms with Crippen molar-refractivity contribution in [1.82, 2.24) is 4.98 Å². The number of methoxy groups -OCH3 is 1. The summed E-state index contributed by atoms with van der Waals surface area (Å²) in [6.07, 6.45) is 0. The monoisotopic (exact) mass is 453 g/mol. The lowest BCUT2D eigenvalue weighted by molar-refractivity contribution is 0.0605. The topological polar surface area (TPSA) is 76.7 Å². The number of carbonyl (C=O) groups is 1. The fourth-order valence-electron chi connectivity index (χ4n) is 3.36. The maximum Gasteiger partial charge on any atom is 0.350 e. The number of hydrogen-bond acceptors (Lipinski definition) is 7. The average Bonchev–Trinajstić information content (AvgIpc) is 3.11. The van der Waals surface area contributed by atoms with Gasteiger partial charge in [-0.25, -0.2) is 9.78 Å². The SMILES string of the molecule is COC(=O)c1sc(NN=c2cc(-c3ccc(Cl)cc3)oc3cc(C)cc(C)c23)nc1C. The second-order valence-electron chi connectivity index (χ2n) is 7.11. The van der Waals surface area contributed by atoms with Crippen LogP contribution in [0.1, 0.15) is 26.5 Å². The van der Waals surface area contributed by atoms with E-state index in [0.29, 0.717) is 31.8 Å². The first kappa shape index (κ1) is 21.1. The lowest BCUT2D eigenvalue weighted by Gasteiger charge is -2.08. The van der Waals surface area contributed by atoms with Gasteiger partial charge in [-0.15, -0.1) is 0 Å². The van der Waals surface area contributed by atoms with Crippen molar-refractivity contribution in [2.75, 3.05) is 12.5 Å². The molecular weight excluding hydrogens is 434 g/mol. The zero-order chi connectivity index (χ0) is 22.1. The van der Waals surface area contributed by atoms with E-state index in [1.807, 2.05) is 50.2 Å². The van der Waals surface area contributed by atoms with Gasteiger partial charge < -0.3 is 9.15 Å². The van der Waals surface area contributed by atoms with E-state index in [0.717, 1.165) is 27.7 Å². The summed E-state index contributed by atoms with van der Waals surface area (Å²) < 4.78 is 11.0. The third kappa shape index (κ3) is 4.33. The van der Waals surface area contributed by atoms with E-state index in [4.69, 9.17) is 20.8 Å². The summed E-state index contributed by atoms with van der Waals surface area (Å²) in [7, 11) is 1.35. The fraction of sp³-hybridized carbons (Fsp3) is 0.174. The first-order chi connectivity index (χ1) is 14.9. The number of benzene rings is 2. The van der Waals surface area contributed by atoms with Crippen molar-refractivity contribution in [1.29, 1.82) is 0 Å². The second-order valence-corrected chi connectivity index (χ2v) is 8.54. The lowest BCUT2D eigenvalue weighted by atomic mass is 10.1. The van der Waals surface area contributed by atoms with Crippen molar-refractivity contribution in [2.45, 2.75) is 20.8 Å². The number of ether oxygens (including phenoxy) is 1. The Labute approximate surface area is 188 Å². The molecule has 2 heterocycles. The number of nitrogens with zero attached hydrogens (tertiary/aromatic N) is 2.